The molecule has 0 bridgehead atoms. The van der Waals surface area contributed by atoms with Crippen LogP contribution in [0.25, 0.3) is 0 Å². The first kappa shape index (κ1) is 13.0. The predicted molar refractivity (Wildman–Crippen MR) is 66.5 cm³/mol. The first-order chi connectivity index (χ1) is 8.69. The first-order valence-corrected chi connectivity index (χ1v) is 6.24. The molecule has 0 spiro atoms. The van der Waals surface area contributed by atoms with Gasteiger partial charge in [0.2, 0.25) is 5.91 Å². The molecule has 1 aliphatic carbocycles. The van der Waals surface area contributed by atoms with E-state index in [4.69, 9.17) is 4.74 Å². The van der Waals surface area contributed by atoms with E-state index in [0.717, 1.165) is 5.56 Å². The fraction of sp³-hybridized carbons (Fsp3) is 0.500. The van der Waals surface area contributed by atoms with Crippen LogP contribution in [0.1, 0.15) is 30.9 Å². The van der Waals surface area contributed by atoms with Crippen molar-refractivity contribution in [3.8, 4) is 0 Å². The van der Waals surface area contributed by atoms with Gasteiger partial charge in [-0.1, -0.05) is 12.1 Å². The van der Waals surface area contributed by atoms with E-state index in [9.17, 15) is 9.18 Å². The Kier molecular flexibility index (Phi) is 4.31. The third-order valence-corrected chi connectivity index (χ3v) is 3.18. The number of nitrogens with one attached hydrogen (secondary N) is 1. The maximum Gasteiger partial charge on any atom is 0.220 e. The monoisotopic (exact) mass is 251 g/mol. The van der Waals surface area contributed by atoms with Gasteiger partial charge in [0.1, 0.15) is 5.82 Å². The van der Waals surface area contributed by atoms with Crippen molar-refractivity contribution >= 4 is 5.91 Å². The normalized spacial score (nSPS) is 16.3. The quantitative estimate of drug-likeness (QED) is 0.843. The van der Waals surface area contributed by atoms with Crippen LogP contribution in [0.2, 0.25) is 0 Å². The molecule has 1 aliphatic rings. The van der Waals surface area contributed by atoms with Gasteiger partial charge in [0.05, 0.1) is 6.10 Å². The Morgan fingerprint density at radius 2 is 2.11 bits per heavy atom. The molecule has 1 atom stereocenters. The number of halogens is 1. The number of ether oxygens (including phenoxy) is 1. The highest BCUT2D eigenvalue weighted by atomic mass is 19.1. The van der Waals surface area contributed by atoms with Gasteiger partial charge in [-0.3, -0.25) is 4.79 Å². The lowest BCUT2D eigenvalue weighted by atomic mass is 10.1. The van der Waals surface area contributed by atoms with Gasteiger partial charge in [-0.25, -0.2) is 4.39 Å². The second-order valence-corrected chi connectivity index (χ2v) is 4.73. The molecule has 2 rings (SSSR count). The summed E-state index contributed by atoms with van der Waals surface area (Å²) in [6.45, 7) is 0.424. The van der Waals surface area contributed by atoms with Crippen LogP contribution in [0, 0.1) is 11.7 Å². The van der Waals surface area contributed by atoms with Crippen LogP contribution >= 0.6 is 0 Å². The SMILES string of the molecule is COC(CNC(=O)CC1CC1)c1ccc(F)cc1. The zero-order valence-electron chi connectivity index (χ0n) is 10.5. The molecule has 18 heavy (non-hydrogen) atoms. The van der Waals surface area contributed by atoms with Gasteiger partial charge in [-0.15, -0.1) is 0 Å². The number of rotatable bonds is 6. The van der Waals surface area contributed by atoms with Crippen molar-refractivity contribution < 1.29 is 13.9 Å². The third-order valence-electron chi connectivity index (χ3n) is 3.18. The molecule has 0 aromatic heterocycles. The van der Waals surface area contributed by atoms with E-state index in [0.29, 0.717) is 18.9 Å². The van der Waals surface area contributed by atoms with E-state index in [1.54, 1.807) is 19.2 Å². The highest BCUT2D eigenvalue weighted by Crippen LogP contribution is 2.32. The van der Waals surface area contributed by atoms with Crippen molar-refractivity contribution in [2.75, 3.05) is 13.7 Å². The summed E-state index contributed by atoms with van der Waals surface area (Å²) < 4.78 is 18.1. The maximum atomic E-state index is 12.8. The van der Waals surface area contributed by atoms with Crippen molar-refractivity contribution in [2.45, 2.75) is 25.4 Å². The minimum atomic E-state index is -0.272. The molecule has 0 aliphatic heterocycles. The summed E-state index contributed by atoms with van der Waals surface area (Å²) in [5.41, 5.74) is 0.866. The van der Waals surface area contributed by atoms with Gasteiger partial charge in [-0.2, -0.15) is 0 Å². The summed E-state index contributed by atoms with van der Waals surface area (Å²) in [5, 5.41) is 2.86. The molecule has 0 radical (unpaired) electrons. The zero-order chi connectivity index (χ0) is 13.0. The molecule has 1 unspecified atom stereocenters. The van der Waals surface area contributed by atoms with Crippen LogP contribution in [-0.2, 0) is 9.53 Å². The molecule has 1 saturated carbocycles. The molecule has 1 aromatic carbocycles. The highest BCUT2D eigenvalue weighted by molar-refractivity contribution is 5.76. The fourth-order valence-electron chi connectivity index (χ4n) is 1.88. The van der Waals surface area contributed by atoms with Crippen LogP contribution < -0.4 is 5.32 Å². The molecule has 1 N–H and O–H groups in total. The molecule has 1 fully saturated rings. The highest BCUT2D eigenvalue weighted by Gasteiger charge is 2.24. The molecule has 1 aromatic rings. The van der Waals surface area contributed by atoms with Gasteiger partial charge >= 0.3 is 0 Å². The summed E-state index contributed by atoms with van der Waals surface area (Å²) in [6.07, 6.45) is 2.71. The largest absolute Gasteiger partial charge is 0.375 e. The van der Waals surface area contributed by atoms with E-state index in [2.05, 4.69) is 5.32 Å². The van der Waals surface area contributed by atoms with Crippen molar-refractivity contribution in [3.05, 3.63) is 35.6 Å². The summed E-state index contributed by atoms with van der Waals surface area (Å²) in [5.74, 6) is 0.379. The average Bonchev–Trinajstić information content (AvgIpc) is 3.16. The van der Waals surface area contributed by atoms with Crippen LogP contribution in [0.5, 0.6) is 0 Å². The van der Waals surface area contributed by atoms with Crippen molar-refractivity contribution in [2.24, 2.45) is 5.92 Å². The second kappa shape index (κ2) is 5.96. The number of benzene rings is 1. The second-order valence-electron chi connectivity index (χ2n) is 4.73. The summed E-state index contributed by atoms with van der Waals surface area (Å²) in [6, 6.07) is 6.15. The Labute approximate surface area is 106 Å². The minimum absolute atomic E-state index is 0.0710. The summed E-state index contributed by atoms with van der Waals surface area (Å²) >= 11 is 0. The van der Waals surface area contributed by atoms with Gasteiger partial charge in [0, 0.05) is 20.1 Å². The lowest BCUT2D eigenvalue weighted by molar-refractivity contribution is -0.122. The van der Waals surface area contributed by atoms with Crippen LogP contribution in [-0.4, -0.2) is 19.6 Å². The number of methoxy groups -OCH3 is 1. The number of carbonyl (C=O) groups is 1. The molecular weight excluding hydrogens is 233 g/mol. The lowest BCUT2D eigenvalue weighted by Crippen LogP contribution is -2.29. The first-order valence-electron chi connectivity index (χ1n) is 6.24. The topological polar surface area (TPSA) is 38.3 Å². The Hall–Kier alpha value is -1.42. The standard InChI is InChI=1S/C14H18FNO2/c1-18-13(11-4-6-12(15)7-5-11)9-16-14(17)8-10-2-3-10/h4-7,10,13H,2-3,8-9H2,1H3,(H,16,17). The summed E-state index contributed by atoms with van der Waals surface area (Å²) in [7, 11) is 1.58. The van der Waals surface area contributed by atoms with Gasteiger partial charge in [-0.05, 0) is 36.5 Å². The zero-order valence-corrected chi connectivity index (χ0v) is 10.5. The molecule has 98 valence electrons. The Balaban J connectivity index is 1.84. The van der Waals surface area contributed by atoms with Crippen molar-refractivity contribution in [1.29, 1.82) is 0 Å². The number of carbonyl (C=O) groups excluding carboxylic acids is 1. The van der Waals surface area contributed by atoms with E-state index in [-0.39, 0.29) is 17.8 Å². The maximum absolute atomic E-state index is 12.8. The Morgan fingerprint density at radius 3 is 2.67 bits per heavy atom. The minimum Gasteiger partial charge on any atom is -0.375 e. The number of amides is 1. The van der Waals surface area contributed by atoms with Gasteiger partial charge < -0.3 is 10.1 Å². The van der Waals surface area contributed by atoms with Crippen LogP contribution in [0.4, 0.5) is 4.39 Å². The molecule has 0 saturated heterocycles. The number of hydrogen-bond acceptors (Lipinski definition) is 2. The molecular formula is C14H18FNO2. The molecule has 0 heterocycles. The summed E-state index contributed by atoms with van der Waals surface area (Å²) in [4.78, 5) is 11.6. The van der Waals surface area contributed by atoms with Crippen LogP contribution in [0.15, 0.2) is 24.3 Å². The molecule has 4 heteroatoms. The lowest BCUT2D eigenvalue weighted by Gasteiger charge is -2.16. The predicted octanol–water partition coefficient (Wildman–Crippen LogP) is 2.43. The molecule has 1 amide bonds. The molecule has 3 nitrogen and oxygen atoms in total. The van der Waals surface area contributed by atoms with E-state index < -0.39 is 0 Å². The average molecular weight is 251 g/mol. The van der Waals surface area contributed by atoms with E-state index in [1.807, 2.05) is 0 Å². The van der Waals surface area contributed by atoms with Crippen molar-refractivity contribution in [1.82, 2.24) is 5.32 Å². The van der Waals surface area contributed by atoms with Crippen molar-refractivity contribution in [3.63, 3.8) is 0 Å². The number of hydrogen-bond donors (Lipinski definition) is 1. The third kappa shape index (κ3) is 3.81. The Bertz CT molecular complexity index is 401. The van der Waals surface area contributed by atoms with Gasteiger partial charge in [0.15, 0.2) is 0 Å². The fourth-order valence-corrected chi connectivity index (χ4v) is 1.88. The van der Waals surface area contributed by atoms with Crippen LogP contribution in [0.3, 0.4) is 0 Å². The smallest absolute Gasteiger partial charge is 0.220 e. The van der Waals surface area contributed by atoms with E-state index >= 15 is 0 Å². The van der Waals surface area contributed by atoms with Gasteiger partial charge in [0.25, 0.3) is 0 Å². The Morgan fingerprint density at radius 1 is 1.44 bits per heavy atom. The van der Waals surface area contributed by atoms with E-state index in [1.165, 1.54) is 25.0 Å².